The van der Waals surface area contributed by atoms with E-state index in [9.17, 15) is 13.2 Å². The van der Waals surface area contributed by atoms with Crippen LogP contribution in [0.4, 0.5) is 11.5 Å². The number of aromatic nitrogens is 6. The van der Waals surface area contributed by atoms with Crippen molar-refractivity contribution in [2.75, 3.05) is 16.3 Å². The van der Waals surface area contributed by atoms with Crippen molar-refractivity contribution in [1.82, 2.24) is 29.1 Å². The molecule has 0 bridgehead atoms. The average Bonchev–Trinajstić information content (AvgIpc) is 3.53. The smallest absolute Gasteiger partial charge is 0.282 e. The Hall–Kier alpha value is -4.62. The molecule has 1 atom stereocenters. The fourth-order valence-corrected chi connectivity index (χ4v) is 6.17. The Morgan fingerprint density at radius 3 is 2.51 bits per heavy atom. The van der Waals surface area contributed by atoms with Crippen LogP contribution in [0.2, 0.25) is 0 Å². The van der Waals surface area contributed by atoms with Crippen molar-refractivity contribution < 1.29 is 8.42 Å². The number of hydrogen-bond acceptors (Lipinski definition) is 8. The third kappa shape index (κ3) is 5.28. The normalized spacial score (nSPS) is 12.6. The van der Waals surface area contributed by atoms with Crippen molar-refractivity contribution in [2.45, 2.75) is 29.7 Å². The topological polar surface area (TPSA) is 139 Å². The molecule has 4 heterocycles. The van der Waals surface area contributed by atoms with E-state index in [0.29, 0.717) is 28.5 Å². The van der Waals surface area contributed by atoms with E-state index in [-0.39, 0.29) is 5.56 Å². The maximum absolute atomic E-state index is 13.7. The summed E-state index contributed by atoms with van der Waals surface area (Å²) < 4.78 is 28.8. The zero-order valence-electron chi connectivity index (χ0n) is 22.4. The van der Waals surface area contributed by atoms with Crippen molar-refractivity contribution >= 4 is 49.8 Å². The van der Waals surface area contributed by atoms with Crippen LogP contribution in [0.3, 0.4) is 0 Å². The van der Waals surface area contributed by atoms with E-state index in [1.165, 1.54) is 18.1 Å². The largest absolute Gasteiger partial charge is 0.360 e. The number of hydrogen-bond donors (Lipinski definition) is 3. The minimum Gasteiger partial charge on any atom is -0.360 e. The molecule has 0 spiro atoms. The highest BCUT2D eigenvalue weighted by atomic mass is 32.2. The molecular formula is C28H26N8O3S2. The molecule has 0 radical (unpaired) electrons. The predicted molar refractivity (Wildman–Crippen MR) is 160 cm³/mol. The number of fused-ring (bicyclic) bond motifs is 2. The second-order valence-electron chi connectivity index (χ2n) is 9.59. The molecule has 6 rings (SSSR count). The van der Waals surface area contributed by atoms with Gasteiger partial charge in [0.15, 0.2) is 5.82 Å². The standard InChI is InChI=1S/C28H26N8O3S2/c1-17-13-14-35-24(17)28(37)36(20-7-5-4-6-8-20)27(33-35)18(2)32-26-23-22(15-29-25(23)30-16-31-26)40-21-11-9-19(10-12-21)34-41(3,38)39/h4-16,18,34H,1-3H3,(H2,29,30,31,32). The minimum atomic E-state index is -3.36. The monoisotopic (exact) mass is 586 g/mol. The van der Waals surface area contributed by atoms with Gasteiger partial charge in [0.2, 0.25) is 10.0 Å². The lowest BCUT2D eigenvalue weighted by atomic mass is 10.2. The SMILES string of the molecule is Cc1ccn2nc(C(C)Nc3ncnc4[nH]cc(Sc5ccc(NS(C)(=O)=O)cc5)c34)n(-c3ccccc3)c(=O)c12. The lowest BCUT2D eigenvalue weighted by Gasteiger charge is -2.20. The molecule has 0 fully saturated rings. The number of anilines is 2. The van der Waals surface area contributed by atoms with Crippen molar-refractivity contribution in [3.05, 3.63) is 101 Å². The third-order valence-corrected chi connectivity index (χ3v) is 8.14. The molecular weight excluding hydrogens is 560 g/mol. The van der Waals surface area contributed by atoms with Gasteiger partial charge in [-0.1, -0.05) is 30.0 Å². The molecule has 0 saturated carbocycles. The summed E-state index contributed by atoms with van der Waals surface area (Å²) in [5, 5.41) is 9.08. The second kappa shape index (κ2) is 10.4. The molecule has 0 amide bonds. The lowest BCUT2D eigenvalue weighted by molar-refractivity contribution is 0.607. The third-order valence-electron chi connectivity index (χ3n) is 6.49. The molecule has 11 nitrogen and oxygen atoms in total. The van der Waals surface area contributed by atoms with Crippen LogP contribution in [0, 0.1) is 6.92 Å². The Balaban J connectivity index is 1.37. The average molecular weight is 587 g/mol. The van der Waals surface area contributed by atoms with Gasteiger partial charge in [0.1, 0.15) is 23.3 Å². The van der Waals surface area contributed by atoms with Gasteiger partial charge in [-0.25, -0.2) is 22.9 Å². The van der Waals surface area contributed by atoms with E-state index in [4.69, 9.17) is 5.10 Å². The molecule has 4 aromatic heterocycles. The second-order valence-corrected chi connectivity index (χ2v) is 12.5. The van der Waals surface area contributed by atoms with Gasteiger partial charge in [0, 0.05) is 27.9 Å². The van der Waals surface area contributed by atoms with E-state index in [1.54, 1.807) is 27.4 Å². The Morgan fingerprint density at radius 1 is 1.02 bits per heavy atom. The van der Waals surface area contributed by atoms with Gasteiger partial charge < -0.3 is 10.3 Å². The highest BCUT2D eigenvalue weighted by molar-refractivity contribution is 7.99. The van der Waals surface area contributed by atoms with Crippen molar-refractivity contribution in [2.24, 2.45) is 0 Å². The van der Waals surface area contributed by atoms with E-state index in [2.05, 4.69) is 25.0 Å². The molecule has 6 aromatic rings. The number of para-hydroxylation sites is 1. The molecule has 3 N–H and O–H groups in total. The maximum atomic E-state index is 13.7. The Bertz CT molecular complexity index is 2050. The predicted octanol–water partition coefficient (Wildman–Crippen LogP) is 4.76. The summed E-state index contributed by atoms with van der Waals surface area (Å²) in [6, 6.07) is 18.0. The molecule has 0 aliphatic rings. The number of nitrogens with one attached hydrogen (secondary N) is 3. The maximum Gasteiger partial charge on any atom is 0.282 e. The van der Waals surface area contributed by atoms with Crippen molar-refractivity contribution in [1.29, 1.82) is 0 Å². The van der Waals surface area contributed by atoms with Crippen molar-refractivity contribution in [3.8, 4) is 5.69 Å². The molecule has 2 aromatic carbocycles. The molecule has 1 unspecified atom stereocenters. The van der Waals surface area contributed by atoms with Gasteiger partial charge in [0.25, 0.3) is 5.56 Å². The summed E-state index contributed by atoms with van der Waals surface area (Å²) in [7, 11) is -3.36. The van der Waals surface area contributed by atoms with Gasteiger partial charge >= 0.3 is 0 Å². The van der Waals surface area contributed by atoms with Crippen LogP contribution >= 0.6 is 11.8 Å². The summed E-state index contributed by atoms with van der Waals surface area (Å²) in [6.45, 7) is 3.83. The number of aryl methyl sites for hydroxylation is 1. The Labute approximate surface area is 239 Å². The highest BCUT2D eigenvalue weighted by Gasteiger charge is 2.22. The van der Waals surface area contributed by atoms with Crippen LogP contribution in [0.5, 0.6) is 0 Å². The molecule has 0 aliphatic carbocycles. The first-order valence-electron chi connectivity index (χ1n) is 12.7. The van der Waals surface area contributed by atoms with Crippen LogP contribution < -0.4 is 15.6 Å². The van der Waals surface area contributed by atoms with Gasteiger partial charge in [-0.2, -0.15) is 5.10 Å². The summed E-state index contributed by atoms with van der Waals surface area (Å²) in [4.78, 5) is 27.6. The van der Waals surface area contributed by atoms with Crippen LogP contribution in [0.1, 0.15) is 24.4 Å². The van der Waals surface area contributed by atoms with E-state index in [1.807, 2.05) is 68.6 Å². The van der Waals surface area contributed by atoms with Gasteiger partial charge in [-0.15, -0.1) is 0 Å². The Morgan fingerprint density at radius 2 is 1.78 bits per heavy atom. The number of sulfonamides is 1. The highest BCUT2D eigenvalue weighted by Crippen LogP contribution is 2.37. The molecule has 208 valence electrons. The zero-order chi connectivity index (χ0) is 28.7. The molecule has 41 heavy (non-hydrogen) atoms. The molecule has 0 saturated heterocycles. The Kier molecular flexibility index (Phi) is 6.75. The minimum absolute atomic E-state index is 0.156. The first kappa shape index (κ1) is 26.6. The van der Waals surface area contributed by atoms with E-state index in [0.717, 1.165) is 32.7 Å². The fourth-order valence-electron chi connectivity index (χ4n) is 4.66. The summed E-state index contributed by atoms with van der Waals surface area (Å²) in [5.41, 5.74) is 3.08. The zero-order valence-corrected chi connectivity index (χ0v) is 24.0. The molecule has 13 heteroatoms. The molecule has 0 aliphatic heterocycles. The summed E-state index contributed by atoms with van der Waals surface area (Å²) in [6.07, 6.45) is 6.24. The number of H-pyrrole nitrogens is 1. The summed E-state index contributed by atoms with van der Waals surface area (Å²) in [5.74, 6) is 1.11. The van der Waals surface area contributed by atoms with Gasteiger partial charge in [-0.3, -0.25) is 14.1 Å². The lowest BCUT2D eigenvalue weighted by Crippen LogP contribution is -2.29. The number of rotatable bonds is 8. The van der Waals surface area contributed by atoms with E-state index < -0.39 is 16.1 Å². The van der Waals surface area contributed by atoms with Gasteiger partial charge in [-0.05, 0) is 61.9 Å². The van der Waals surface area contributed by atoms with Crippen molar-refractivity contribution in [3.63, 3.8) is 0 Å². The van der Waals surface area contributed by atoms with Gasteiger partial charge in [0.05, 0.1) is 23.4 Å². The van der Waals surface area contributed by atoms with Crippen LogP contribution in [-0.4, -0.2) is 43.8 Å². The van der Waals surface area contributed by atoms with Crippen LogP contribution in [0.15, 0.2) is 94.0 Å². The first-order valence-corrected chi connectivity index (χ1v) is 15.4. The number of aromatic amines is 1. The van der Waals surface area contributed by atoms with Crippen LogP contribution in [0.25, 0.3) is 22.2 Å². The van der Waals surface area contributed by atoms with Crippen LogP contribution in [-0.2, 0) is 10.0 Å². The summed E-state index contributed by atoms with van der Waals surface area (Å²) >= 11 is 1.49. The van der Waals surface area contributed by atoms with E-state index >= 15 is 0 Å². The fraction of sp³-hybridized carbons (Fsp3) is 0.143. The number of benzene rings is 2. The number of nitrogens with zero attached hydrogens (tertiary/aromatic N) is 5. The quantitative estimate of drug-likeness (QED) is 0.232. The first-order chi connectivity index (χ1) is 19.7.